The predicted octanol–water partition coefficient (Wildman–Crippen LogP) is -0.761. The fourth-order valence-corrected chi connectivity index (χ4v) is 3.11. The second kappa shape index (κ2) is 8.49. The van der Waals surface area contributed by atoms with Gasteiger partial charge in [0.05, 0.1) is 6.04 Å². The molecule has 0 aromatic heterocycles. The summed E-state index contributed by atoms with van der Waals surface area (Å²) < 4.78 is 39.9. The second-order valence-corrected chi connectivity index (χ2v) is 8.03. The van der Waals surface area contributed by atoms with E-state index in [1.807, 2.05) is 0 Å². The van der Waals surface area contributed by atoms with Crippen molar-refractivity contribution in [2.45, 2.75) is 51.3 Å². The summed E-state index contributed by atoms with van der Waals surface area (Å²) in [6.07, 6.45) is -0.259. The van der Waals surface area contributed by atoms with E-state index in [2.05, 4.69) is 9.71 Å². The quantitative estimate of drug-likeness (QED) is 0.345. The molecule has 0 radical (unpaired) electrons. The van der Waals surface area contributed by atoms with Crippen LogP contribution in [0.15, 0.2) is 0 Å². The van der Waals surface area contributed by atoms with Crippen LogP contribution >= 0.6 is 0 Å². The number of fused-ring (bicyclic) bond motifs is 2. The monoisotopic (exact) mass is 418 g/mol. The topological polar surface area (TPSA) is 146 Å². The van der Waals surface area contributed by atoms with Crippen molar-refractivity contribution in [2.75, 3.05) is 13.6 Å². The molecule has 0 aromatic rings. The average molecular weight is 418 g/mol. The Labute approximate surface area is 179 Å². The molecule has 2 saturated heterocycles. The Hall–Kier alpha value is -1.12. The molecule has 14 heteroatoms. The van der Waals surface area contributed by atoms with Crippen molar-refractivity contribution in [3.63, 3.8) is 0 Å². The predicted molar refractivity (Wildman–Crippen MR) is 92.7 cm³/mol. The van der Waals surface area contributed by atoms with Crippen LogP contribution in [0.2, 0.25) is 0 Å². The zero-order valence-electron chi connectivity index (χ0n) is 14.8. The van der Waals surface area contributed by atoms with Gasteiger partial charge in [-0.05, 0) is 33.6 Å². The number of carbonyl (C=O) groups is 3. The zero-order chi connectivity index (χ0) is 19.9. The average Bonchev–Trinajstić information content (AvgIpc) is 2.69. The van der Waals surface area contributed by atoms with Gasteiger partial charge in [-0.25, -0.2) is 14.6 Å². The van der Waals surface area contributed by atoms with Gasteiger partial charge in [0.1, 0.15) is 11.6 Å². The van der Waals surface area contributed by atoms with Gasteiger partial charge in [-0.3, -0.25) is 14.8 Å². The third kappa shape index (κ3) is 6.19. The molecule has 12 nitrogen and oxygen atoms in total. The standard InChI is InChI=1S/C13H22N4O8S.Na.H/c1-13(2,3)24-12(20)15(4)14-10(18)9-6-5-8-7-16(9)11(19)17(8)25-26(21,22)23;;/h8-9H,5-7H2,1-4H3,(H,14,18)(H,21,22,23);;. The van der Waals surface area contributed by atoms with Crippen LogP contribution in [-0.4, -0.2) is 107 Å². The van der Waals surface area contributed by atoms with E-state index in [9.17, 15) is 22.8 Å². The van der Waals surface area contributed by atoms with Crippen LogP contribution in [0.1, 0.15) is 33.6 Å². The molecular weight excluding hydrogens is 395 g/mol. The summed E-state index contributed by atoms with van der Waals surface area (Å²) in [5.41, 5.74) is 1.59. The van der Waals surface area contributed by atoms with Crippen LogP contribution in [-0.2, 0) is 24.2 Å². The van der Waals surface area contributed by atoms with Crippen molar-refractivity contribution < 1.29 is 36.4 Å². The summed E-state index contributed by atoms with van der Waals surface area (Å²) in [5.74, 6) is -0.626. The summed E-state index contributed by atoms with van der Waals surface area (Å²) >= 11 is 0. The van der Waals surface area contributed by atoms with Crippen LogP contribution in [0.4, 0.5) is 9.59 Å². The molecule has 0 aromatic carbocycles. The van der Waals surface area contributed by atoms with Gasteiger partial charge in [0.2, 0.25) is 0 Å². The number of amides is 4. The Morgan fingerprint density at radius 1 is 1.30 bits per heavy atom. The molecule has 2 bridgehead atoms. The first-order valence-electron chi connectivity index (χ1n) is 7.82. The van der Waals surface area contributed by atoms with Gasteiger partial charge in [-0.15, -0.1) is 4.28 Å². The molecule has 150 valence electrons. The molecule has 0 spiro atoms. The number of urea groups is 1. The number of hydroxylamine groups is 2. The van der Waals surface area contributed by atoms with Crippen molar-refractivity contribution in [3.8, 4) is 0 Å². The van der Waals surface area contributed by atoms with Crippen molar-refractivity contribution in [1.82, 2.24) is 20.4 Å². The van der Waals surface area contributed by atoms with Crippen molar-refractivity contribution in [2.24, 2.45) is 0 Å². The van der Waals surface area contributed by atoms with E-state index in [-0.39, 0.29) is 48.9 Å². The molecule has 2 rings (SSSR count). The molecule has 2 unspecified atom stereocenters. The Kier molecular flexibility index (Phi) is 7.52. The Balaban J connectivity index is 0.00000364. The van der Waals surface area contributed by atoms with E-state index in [0.717, 1.165) is 9.91 Å². The van der Waals surface area contributed by atoms with Crippen molar-refractivity contribution in [3.05, 3.63) is 0 Å². The number of ether oxygens (including phenoxy) is 1. The maximum absolute atomic E-state index is 12.4. The van der Waals surface area contributed by atoms with Gasteiger partial charge in [-0.1, -0.05) is 0 Å². The molecule has 0 aliphatic carbocycles. The number of nitrogens with zero attached hydrogens (tertiary/aromatic N) is 3. The van der Waals surface area contributed by atoms with E-state index in [0.29, 0.717) is 5.06 Å². The SMILES string of the molecule is CN(NC(=O)C1CCC2CN1C(=O)N2OS(=O)(=O)O)C(=O)OC(C)(C)C.[NaH]. The van der Waals surface area contributed by atoms with E-state index in [4.69, 9.17) is 9.29 Å². The molecule has 2 atom stereocenters. The first-order valence-corrected chi connectivity index (χ1v) is 9.19. The number of nitrogens with one attached hydrogen (secondary N) is 1. The van der Waals surface area contributed by atoms with Gasteiger partial charge < -0.3 is 9.64 Å². The number of rotatable bonds is 3. The maximum atomic E-state index is 12.4. The van der Waals surface area contributed by atoms with Crippen molar-refractivity contribution in [1.29, 1.82) is 0 Å². The van der Waals surface area contributed by atoms with Gasteiger partial charge in [0, 0.05) is 13.6 Å². The van der Waals surface area contributed by atoms with Crippen LogP contribution in [0, 0.1) is 0 Å². The molecular formula is C13H23N4NaO8S. The fourth-order valence-electron chi connectivity index (χ4n) is 2.72. The third-order valence-electron chi connectivity index (χ3n) is 3.75. The van der Waals surface area contributed by atoms with Gasteiger partial charge >= 0.3 is 52.1 Å². The number of hydrogen-bond donors (Lipinski definition) is 2. The minimum absolute atomic E-state index is 0. The normalized spacial score (nSPS) is 22.2. The Morgan fingerprint density at radius 2 is 1.89 bits per heavy atom. The molecule has 2 heterocycles. The summed E-state index contributed by atoms with van der Waals surface area (Å²) in [6.45, 7) is 5.08. The first kappa shape index (κ1) is 23.9. The zero-order valence-corrected chi connectivity index (χ0v) is 15.6. The fraction of sp³-hybridized carbons (Fsp3) is 0.769. The van der Waals surface area contributed by atoms with E-state index >= 15 is 0 Å². The molecule has 27 heavy (non-hydrogen) atoms. The number of hydrazine groups is 1. The minimum atomic E-state index is -4.86. The molecule has 2 N–H and O–H groups in total. The van der Waals surface area contributed by atoms with Crippen molar-refractivity contribution >= 4 is 58.0 Å². The first-order chi connectivity index (χ1) is 11.8. The molecule has 2 fully saturated rings. The Bertz CT molecular complexity index is 710. The summed E-state index contributed by atoms with van der Waals surface area (Å²) in [4.78, 5) is 37.7. The van der Waals surface area contributed by atoms with Gasteiger partial charge in [-0.2, -0.15) is 13.5 Å². The molecule has 4 amide bonds. The van der Waals surface area contributed by atoms with Crippen LogP contribution in [0.5, 0.6) is 0 Å². The number of hydrogen-bond acceptors (Lipinski definition) is 7. The summed E-state index contributed by atoms with van der Waals surface area (Å²) in [6, 6.07) is -2.37. The van der Waals surface area contributed by atoms with E-state index in [1.54, 1.807) is 20.8 Å². The van der Waals surface area contributed by atoms with Crippen LogP contribution in [0.25, 0.3) is 0 Å². The van der Waals surface area contributed by atoms with Crippen LogP contribution in [0.3, 0.4) is 0 Å². The molecule has 0 saturated carbocycles. The summed E-state index contributed by atoms with van der Waals surface area (Å²) in [5, 5.41) is 1.41. The third-order valence-corrected chi connectivity index (χ3v) is 4.09. The summed E-state index contributed by atoms with van der Waals surface area (Å²) in [7, 11) is -3.55. The Morgan fingerprint density at radius 3 is 2.41 bits per heavy atom. The van der Waals surface area contributed by atoms with E-state index < -0.39 is 46.1 Å². The molecule has 2 aliphatic rings. The van der Waals surface area contributed by atoms with Gasteiger partial charge in [0.25, 0.3) is 5.91 Å². The molecule has 2 aliphatic heterocycles. The van der Waals surface area contributed by atoms with Crippen LogP contribution < -0.4 is 5.43 Å². The second-order valence-electron chi connectivity index (χ2n) is 7.03. The van der Waals surface area contributed by atoms with E-state index in [1.165, 1.54) is 7.05 Å². The number of piperidine rings is 1. The van der Waals surface area contributed by atoms with Gasteiger partial charge in [0.15, 0.2) is 0 Å². The number of carbonyl (C=O) groups excluding carboxylic acids is 3.